The molecular weight excluding hydrogens is 384 g/mol. The Balaban J connectivity index is 1.89. The Bertz CT molecular complexity index is 986. The monoisotopic (exact) mass is 402 g/mol. The molecule has 2 aromatic heterocycles. The fraction of sp³-hybridized carbons (Fsp3) is 0.158. The molecular formula is C19H18N2O4S2. The Morgan fingerprint density at radius 1 is 1.15 bits per heavy atom. The number of rotatable bonds is 7. The zero-order valence-corrected chi connectivity index (χ0v) is 16.2. The summed E-state index contributed by atoms with van der Waals surface area (Å²) in [7, 11) is -2.12. The molecule has 3 rings (SSSR count). The maximum atomic E-state index is 13.1. The van der Waals surface area contributed by atoms with Crippen LogP contribution in [0.5, 0.6) is 5.75 Å². The molecule has 3 aromatic rings. The summed E-state index contributed by atoms with van der Waals surface area (Å²) >= 11 is 1.15. The van der Waals surface area contributed by atoms with Gasteiger partial charge >= 0.3 is 0 Å². The van der Waals surface area contributed by atoms with Gasteiger partial charge in [0, 0.05) is 12.7 Å². The number of aromatic nitrogens is 1. The fourth-order valence-electron chi connectivity index (χ4n) is 2.56. The minimum Gasteiger partial charge on any atom is -0.497 e. The molecule has 2 heterocycles. The van der Waals surface area contributed by atoms with E-state index in [1.165, 1.54) is 6.20 Å². The molecule has 0 radical (unpaired) electrons. The van der Waals surface area contributed by atoms with E-state index in [9.17, 15) is 13.2 Å². The maximum Gasteiger partial charge on any atom is 0.269 e. The molecule has 1 N–H and O–H groups in total. The highest BCUT2D eigenvalue weighted by molar-refractivity contribution is 7.93. The highest BCUT2D eigenvalue weighted by atomic mass is 32.2. The number of methoxy groups -OCH3 is 1. The smallest absolute Gasteiger partial charge is 0.269 e. The van der Waals surface area contributed by atoms with Gasteiger partial charge in [0.25, 0.3) is 5.91 Å². The molecule has 0 saturated heterocycles. The number of thiophene rings is 1. The van der Waals surface area contributed by atoms with Crippen LogP contribution in [-0.4, -0.2) is 33.0 Å². The third-order valence-corrected chi connectivity index (χ3v) is 7.52. The van der Waals surface area contributed by atoms with E-state index in [1.54, 1.807) is 67.1 Å². The van der Waals surface area contributed by atoms with Crippen molar-refractivity contribution in [2.24, 2.45) is 0 Å². The van der Waals surface area contributed by atoms with Crippen LogP contribution in [0.3, 0.4) is 0 Å². The third-order valence-electron chi connectivity index (χ3n) is 3.98. The lowest BCUT2D eigenvalue weighted by molar-refractivity contribution is 0.0948. The molecule has 0 fully saturated rings. The van der Waals surface area contributed by atoms with E-state index in [0.717, 1.165) is 11.3 Å². The maximum absolute atomic E-state index is 13.1. The predicted molar refractivity (Wildman–Crippen MR) is 104 cm³/mol. The van der Waals surface area contributed by atoms with E-state index in [1.807, 2.05) is 0 Å². The minimum absolute atomic E-state index is 0.0675. The Kier molecular flexibility index (Phi) is 5.88. The summed E-state index contributed by atoms with van der Waals surface area (Å²) in [5.41, 5.74) is 0.810. The van der Waals surface area contributed by atoms with E-state index in [0.29, 0.717) is 11.3 Å². The van der Waals surface area contributed by atoms with Gasteiger partial charge in [-0.2, -0.15) is 0 Å². The topological polar surface area (TPSA) is 85.4 Å². The summed E-state index contributed by atoms with van der Waals surface area (Å²) in [4.78, 5) is 16.3. The van der Waals surface area contributed by atoms with Crippen molar-refractivity contribution in [3.63, 3.8) is 0 Å². The summed E-state index contributed by atoms with van der Waals surface area (Å²) in [6, 6.07) is 15.0. The van der Waals surface area contributed by atoms with Crippen LogP contribution in [-0.2, 0) is 9.84 Å². The van der Waals surface area contributed by atoms with Crippen molar-refractivity contribution >= 4 is 27.1 Å². The predicted octanol–water partition coefficient (Wildman–Crippen LogP) is 3.10. The Morgan fingerprint density at radius 3 is 2.52 bits per heavy atom. The molecule has 1 atom stereocenters. The van der Waals surface area contributed by atoms with E-state index in [-0.39, 0.29) is 16.4 Å². The first-order valence-corrected chi connectivity index (χ1v) is 10.6. The molecule has 1 amide bonds. The Labute approximate surface area is 161 Å². The Hall–Kier alpha value is -2.71. The second kappa shape index (κ2) is 8.32. The van der Waals surface area contributed by atoms with Gasteiger partial charge in [-0.25, -0.2) is 8.42 Å². The van der Waals surface area contributed by atoms with Crippen molar-refractivity contribution in [2.45, 2.75) is 9.46 Å². The highest BCUT2D eigenvalue weighted by Crippen LogP contribution is 2.32. The first-order chi connectivity index (χ1) is 13.0. The summed E-state index contributed by atoms with van der Waals surface area (Å²) in [6.45, 7) is -0.0675. The van der Waals surface area contributed by atoms with Crippen LogP contribution < -0.4 is 10.1 Å². The van der Waals surface area contributed by atoms with Gasteiger partial charge in [-0.05, 0) is 41.3 Å². The van der Waals surface area contributed by atoms with Crippen molar-refractivity contribution in [2.75, 3.05) is 13.7 Å². The highest BCUT2D eigenvalue weighted by Gasteiger charge is 2.30. The summed E-state index contributed by atoms with van der Waals surface area (Å²) in [5.74, 6) is 0.207. The summed E-state index contributed by atoms with van der Waals surface area (Å²) < 4.78 is 31.6. The van der Waals surface area contributed by atoms with Crippen LogP contribution in [0.15, 0.2) is 70.4 Å². The van der Waals surface area contributed by atoms with E-state index in [2.05, 4.69) is 10.3 Å². The third kappa shape index (κ3) is 4.35. The van der Waals surface area contributed by atoms with Crippen LogP contribution in [0.25, 0.3) is 0 Å². The number of carbonyl (C=O) groups excluding carboxylic acids is 1. The van der Waals surface area contributed by atoms with Gasteiger partial charge in [-0.1, -0.05) is 24.3 Å². The lowest BCUT2D eigenvalue weighted by Crippen LogP contribution is -2.32. The number of benzene rings is 1. The number of nitrogens with zero attached hydrogens (tertiary/aromatic N) is 1. The zero-order chi connectivity index (χ0) is 19.3. The molecule has 0 aliphatic carbocycles. The van der Waals surface area contributed by atoms with E-state index >= 15 is 0 Å². The fourth-order valence-corrected chi connectivity index (χ4v) is 5.43. The van der Waals surface area contributed by atoms with Gasteiger partial charge in [0.1, 0.15) is 20.9 Å². The molecule has 0 aliphatic heterocycles. The van der Waals surface area contributed by atoms with Crippen molar-refractivity contribution in [3.05, 3.63) is 77.4 Å². The van der Waals surface area contributed by atoms with Crippen LogP contribution in [0.2, 0.25) is 0 Å². The van der Waals surface area contributed by atoms with E-state index in [4.69, 9.17) is 4.74 Å². The number of sulfone groups is 1. The average molecular weight is 402 g/mol. The standard InChI is InChI=1S/C19H18N2O4S2/c1-25-15-9-7-14(8-10-15)17(27(23,24)18-6-4-12-26-18)13-21-19(22)16-5-2-3-11-20-16/h2-12,17H,13H2,1H3,(H,21,22)/t17-/m1/s1. The molecule has 6 nitrogen and oxygen atoms in total. The second-order valence-corrected chi connectivity index (χ2v) is 8.97. The van der Waals surface area contributed by atoms with Crippen molar-refractivity contribution in [1.29, 1.82) is 0 Å². The Morgan fingerprint density at radius 2 is 1.93 bits per heavy atom. The molecule has 0 aliphatic rings. The lowest BCUT2D eigenvalue weighted by atomic mass is 10.1. The van der Waals surface area contributed by atoms with Crippen molar-refractivity contribution in [1.82, 2.24) is 10.3 Å². The largest absolute Gasteiger partial charge is 0.497 e. The van der Waals surface area contributed by atoms with Crippen LogP contribution in [0.1, 0.15) is 21.3 Å². The van der Waals surface area contributed by atoms with Gasteiger partial charge in [0.2, 0.25) is 0 Å². The van der Waals surface area contributed by atoms with Crippen LogP contribution >= 0.6 is 11.3 Å². The molecule has 0 spiro atoms. The molecule has 0 saturated carbocycles. The molecule has 140 valence electrons. The zero-order valence-electron chi connectivity index (χ0n) is 14.5. The molecule has 0 bridgehead atoms. The number of nitrogens with one attached hydrogen (secondary N) is 1. The SMILES string of the molecule is COc1ccc([C@@H](CNC(=O)c2ccccn2)S(=O)(=O)c2cccs2)cc1. The lowest BCUT2D eigenvalue weighted by Gasteiger charge is -2.18. The number of ether oxygens (including phenoxy) is 1. The average Bonchev–Trinajstić information content (AvgIpc) is 3.25. The van der Waals surface area contributed by atoms with Crippen LogP contribution in [0, 0.1) is 0 Å². The van der Waals surface area contributed by atoms with Gasteiger partial charge in [-0.3, -0.25) is 9.78 Å². The van der Waals surface area contributed by atoms with Gasteiger partial charge < -0.3 is 10.1 Å². The molecule has 8 heteroatoms. The minimum atomic E-state index is -3.67. The summed E-state index contributed by atoms with van der Waals surface area (Å²) in [6.07, 6.45) is 1.51. The summed E-state index contributed by atoms with van der Waals surface area (Å²) in [5, 5.41) is 3.48. The van der Waals surface area contributed by atoms with Gasteiger partial charge in [0.15, 0.2) is 9.84 Å². The molecule has 27 heavy (non-hydrogen) atoms. The van der Waals surface area contributed by atoms with Crippen molar-refractivity contribution in [3.8, 4) is 5.75 Å². The normalized spacial score (nSPS) is 12.3. The number of hydrogen-bond acceptors (Lipinski definition) is 6. The van der Waals surface area contributed by atoms with Gasteiger partial charge in [-0.15, -0.1) is 11.3 Å². The molecule has 0 unspecified atom stereocenters. The van der Waals surface area contributed by atoms with Crippen LogP contribution in [0.4, 0.5) is 0 Å². The second-order valence-electron chi connectivity index (χ2n) is 5.66. The molecule has 1 aromatic carbocycles. The number of hydrogen-bond donors (Lipinski definition) is 1. The van der Waals surface area contributed by atoms with E-state index < -0.39 is 21.0 Å². The number of carbonyl (C=O) groups is 1. The van der Waals surface area contributed by atoms with Gasteiger partial charge in [0.05, 0.1) is 7.11 Å². The van der Waals surface area contributed by atoms with Crippen molar-refractivity contribution < 1.29 is 17.9 Å². The first kappa shape index (κ1) is 19.1. The quantitative estimate of drug-likeness (QED) is 0.656. The number of pyridine rings is 1. The number of amides is 1. The first-order valence-electron chi connectivity index (χ1n) is 8.13.